The number of fused-ring (bicyclic) bond motifs is 1. The van der Waals surface area contributed by atoms with Gasteiger partial charge in [-0.05, 0) is 50.3 Å². The van der Waals surface area contributed by atoms with Crippen molar-refractivity contribution in [3.63, 3.8) is 0 Å². The van der Waals surface area contributed by atoms with Crippen LogP contribution in [0.5, 0.6) is 5.75 Å². The van der Waals surface area contributed by atoms with Crippen molar-refractivity contribution in [2.75, 3.05) is 45.7 Å². The molecule has 1 amide bonds. The van der Waals surface area contributed by atoms with E-state index in [1.165, 1.54) is 31.6 Å². The molecule has 0 unspecified atom stereocenters. The highest BCUT2D eigenvalue weighted by atomic mass is 35.5. The molecule has 0 aliphatic carbocycles. The van der Waals surface area contributed by atoms with Crippen LogP contribution in [0.2, 0.25) is 5.02 Å². The Kier molecular flexibility index (Phi) is 8.72. The smallest absolute Gasteiger partial charge is 0.252 e. The molecular weight excluding hydrogens is 518 g/mol. The largest absolute Gasteiger partial charge is 0.494 e. The molecule has 2 heterocycles. The predicted molar refractivity (Wildman–Crippen MR) is 141 cm³/mol. The Morgan fingerprint density at radius 2 is 2.00 bits per heavy atom. The lowest BCUT2D eigenvalue weighted by atomic mass is 10.1. The zero-order valence-electron chi connectivity index (χ0n) is 20.8. The summed E-state index contributed by atoms with van der Waals surface area (Å²) in [6.45, 7) is 1.88. The summed E-state index contributed by atoms with van der Waals surface area (Å²) >= 11 is 6.39. The standard InChI is InChI=1S/C26H27ClF2N6O3/c1-34(12-13-36)10-3-8-31-26(37)17-5-4-16(14-19(17)27)33-24-25-32-15-20(35(25)11-9-30-24)18-6-7-21(38-2)23(29)22(18)28/h4-7,9,11,14-15,36H,3,8,10,12-13H2,1-2H3,(H,30,33)(H,31,37). The zero-order valence-corrected chi connectivity index (χ0v) is 21.6. The normalized spacial score (nSPS) is 11.2. The van der Waals surface area contributed by atoms with Gasteiger partial charge in [0.15, 0.2) is 23.0 Å². The Labute approximate surface area is 223 Å². The van der Waals surface area contributed by atoms with Gasteiger partial charge in [-0.15, -0.1) is 0 Å². The van der Waals surface area contributed by atoms with Gasteiger partial charge in [0.1, 0.15) is 0 Å². The summed E-state index contributed by atoms with van der Waals surface area (Å²) in [5, 5.41) is 15.1. The van der Waals surface area contributed by atoms with Crippen LogP contribution in [0.3, 0.4) is 0 Å². The van der Waals surface area contributed by atoms with Crippen LogP contribution in [0.1, 0.15) is 16.8 Å². The van der Waals surface area contributed by atoms with E-state index in [1.807, 2.05) is 11.9 Å². The van der Waals surface area contributed by atoms with Gasteiger partial charge < -0.3 is 25.4 Å². The van der Waals surface area contributed by atoms with Gasteiger partial charge in [-0.1, -0.05) is 11.6 Å². The van der Waals surface area contributed by atoms with E-state index in [-0.39, 0.29) is 28.8 Å². The molecule has 2 aromatic carbocycles. The summed E-state index contributed by atoms with van der Waals surface area (Å²) in [4.78, 5) is 23.2. The minimum atomic E-state index is -1.08. The highest BCUT2D eigenvalue weighted by Gasteiger charge is 2.19. The zero-order chi connectivity index (χ0) is 27.2. The van der Waals surface area contributed by atoms with E-state index in [1.54, 1.807) is 28.8 Å². The summed E-state index contributed by atoms with van der Waals surface area (Å²) in [6, 6.07) is 7.65. The summed E-state index contributed by atoms with van der Waals surface area (Å²) in [5.74, 6) is -2.26. The number of aliphatic hydroxyl groups is 1. The van der Waals surface area contributed by atoms with Crippen molar-refractivity contribution in [3.05, 3.63) is 71.1 Å². The van der Waals surface area contributed by atoms with Crippen LogP contribution in [0, 0.1) is 11.6 Å². The summed E-state index contributed by atoms with van der Waals surface area (Å²) in [7, 11) is 3.17. The molecule has 0 atom stereocenters. The molecule has 12 heteroatoms. The van der Waals surface area contributed by atoms with Crippen molar-refractivity contribution in [1.29, 1.82) is 0 Å². The van der Waals surface area contributed by atoms with Gasteiger partial charge in [0.2, 0.25) is 5.82 Å². The molecule has 0 radical (unpaired) electrons. The van der Waals surface area contributed by atoms with E-state index in [2.05, 4.69) is 20.6 Å². The van der Waals surface area contributed by atoms with Crippen LogP contribution < -0.4 is 15.4 Å². The minimum absolute atomic E-state index is 0.0198. The Morgan fingerprint density at radius 3 is 2.74 bits per heavy atom. The molecule has 0 aliphatic heterocycles. The predicted octanol–water partition coefficient (Wildman–Crippen LogP) is 4.12. The number of hydrogen-bond acceptors (Lipinski definition) is 7. The van der Waals surface area contributed by atoms with E-state index in [9.17, 15) is 13.6 Å². The lowest BCUT2D eigenvalue weighted by molar-refractivity contribution is 0.0951. The fraction of sp³-hybridized carbons (Fsp3) is 0.269. The summed E-state index contributed by atoms with van der Waals surface area (Å²) < 4.78 is 35.4. The van der Waals surface area contributed by atoms with E-state index in [0.29, 0.717) is 41.5 Å². The monoisotopic (exact) mass is 544 g/mol. The third-order valence-corrected chi connectivity index (χ3v) is 6.24. The van der Waals surface area contributed by atoms with Crippen molar-refractivity contribution < 1.29 is 23.4 Å². The van der Waals surface area contributed by atoms with Crippen LogP contribution >= 0.6 is 11.6 Å². The SMILES string of the molecule is COc1ccc(-c2cnc3c(Nc4ccc(C(=O)NCCCN(C)CCO)c(Cl)c4)nccn23)c(F)c1F. The lowest BCUT2D eigenvalue weighted by Gasteiger charge is -2.15. The van der Waals surface area contributed by atoms with Crippen LogP contribution in [-0.4, -0.2) is 70.7 Å². The van der Waals surface area contributed by atoms with Crippen molar-refractivity contribution in [2.45, 2.75) is 6.42 Å². The second-order valence-electron chi connectivity index (χ2n) is 8.51. The molecule has 4 rings (SSSR count). The third kappa shape index (κ3) is 5.85. The first-order valence-electron chi connectivity index (χ1n) is 11.8. The number of likely N-dealkylation sites (N-methyl/N-ethyl adjacent to an activating group) is 1. The average Bonchev–Trinajstić information content (AvgIpc) is 3.33. The number of hydrogen-bond donors (Lipinski definition) is 3. The number of benzene rings is 2. The van der Waals surface area contributed by atoms with Gasteiger partial charge in [-0.25, -0.2) is 14.4 Å². The molecule has 0 fully saturated rings. The fourth-order valence-corrected chi connectivity index (χ4v) is 4.20. The van der Waals surface area contributed by atoms with Gasteiger partial charge in [-0.3, -0.25) is 9.20 Å². The van der Waals surface area contributed by atoms with Crippen molar-refractivity contribution in [3.8, 4) is 17.0 Å². The van der Waals surface area contributed by atoms with E-state index >= 15 is 0 Å². The first-order valence-corrected chi connectivity index (χ1v) is 12.2. The molecule has 0 saturated carbocycles. The molecule has 4 aromatic rings. The lowest BCUT2D eigenvalue weighted by Crippen LogP contribution is -2.29. The number of carbonyl (C=O) groups is 1. The average molecular weight is 545 g/mol. The molecule has 0 aliphatic rings. The molecule has 0 saturated heterocycles. The number of halogens is 3. The number of rotatable bonds is 11. The topological polar surface area (TPSA) is 104 Å². The Bertz CT molecular complexity index is 1450. The number of aliphatic hydroxyl groups excluding tert-OH is 1. The van der Waals surface area contributed by atoms with Crippen molar-refractivity contribution >= 4 is 34.7 Å². The van der Waals surface area contributed by atoms with Crippen molar-refractivity contribution in [2.24, 2.45) is 0 Å². The van der Waals surface area contributed by atoms with Crippen molar-refractivity contribution in [1.82, 2.24) is 24.6 Å². The molecule has 9 nitrogen and oxygen atoms in total. The number of nitrogens with one attached hydrogen (secondary N) is 2. The first-order chi connectivity index (χ1) is 18.3. The quantitative estimate of drug-likeness (QED) is 0.244. The Balaban J connectivity index is 1.49. The molecule has 3 N–H and O–H groups in total. The number of carbonyl (C=O) groups excluding carboxylic acids is 1. The van der Waals surface area contributed by atoms with Gasteiger partial charge in [0.05, 0.1) is 36.2 Å². The number of imidazole rings is 1. The minimum Gasteiger partial charge on any atom is -0.494 e. The number of amides is 1. The number of aromatic nitrogens is 3. The summed E-state index contributed by atoms with van der Waals surface area (Å²) in [6.07, 6.45) is 5.25. The number of nitrogens with zero attached hydrogens (tertiary/aromatic N) is 4. The molecule has 0 spiro atoms. The van der Waals surface area contributed by atoms with Gasteiger partial charge >= 0.3 is 0 Å². The Morgan fingerprint density at radius 1 is 1.18 bits per heavy atom. The maximum Gasteiger partial charge on any atom is 0.252 e. The molecule has 200 valence electrons. The van der Waals surface area contributed by atoms with Gasteiger partial charge in [-0.2, -0.15) is 4.39 Å². The fourth-order valence-electron chi connectivity index (χ4n) is 3.94. The molecular formula is C26H27ClF2N6O3. The Hall–Kier alpha value is -3.80. The van der Waals surface area contributed by atoms with Crippen LogP contribution in [0.4, 0.5) is 20.3 Å². The maximum absolute atomic E-state index is 14.7. The first kappa shape index (κ1) is 27.2. The molecule has 38 heavy (non-hydrogen) atoms. The number of anilines is 2. The molecule has 0 bridgehead atoms. The van der Waals surface area contributed by atoms with E-state index < -0.39 is 11.6 Å². The van der Waals surface area contributed by atoms with Crippen LogP contribution in [-0.2, 0) is 0 Å². The number of ether oxygens (including phenoxy) is 1. The van der Waals surface area contributed by atoms with Crippen LogP contribution in [0.15, 0.2) is 48.9 Å². The second-order valence-corrected chi connectivity index (χ2v) is 8.92. The maximum atomic E-state index is 14.7. The summed E-state index contributed by atoms with van der Waals surface area (Å²) in [5.41, 5.74) is 1.61. The number of methoxy groups -OCH3 is 1. The third-order valence-electron chi connectivity index (χ3n) is 5.93. The highest BCUT2D eigenvalue weighted by Crippen LogP contribution is 2.32. The second kappa shape index (κ2) is 12.2. The van der Waals surface area contributed by atoms with Crippen LogP contribution in [0.25, 0.3) is 16.9 Å². The van der Waals surface area contributed by atoms with Gasteiger partial charge in [0.25, 0.3) is 5.91 Å². The van der Waals surface area contributed by atoms with E-state index in [4.69, 9.17) is 21.4 Å². The molecule has 2 aromatic heterocycles. The van der Waals surface area contributed by atoms with E-state index in [0.717, 1.165) is 13.0 Å². The highest BCUT2D eigenvalue weighted by molar-refractivity contribution is 6.34. The van der Waals surface area contributed by atoms with Gasteiger partial charge in [0, 0.05) is 36.7 Å².